The van der Waals surface area contributed by atoms with Crippen molar-refractivity contribution >= 4 is 49.2 Å². The van der Waals surface area contributed by atoms with Crippen LogP contribution in [-0.4, -0.2) is 95.6 Å². The summed E-state index contributed by atoms with van der Waals surface area (Å²) in [5.74, 6) is 0.881. The van der Waals surface area contributed by atoms with Gasteiger partial charge in [-0.15, -0.1) is 0 Å². The summed E-state index contributed by atoms with van der Waals surface area (Å²) in [6.07, 6.45) is 4.32. The van der Waals surface area contributed by atoms with Crippen LogP contribution in [-0.2, 0) is 34.0 Å². The molecular formula is C31H37ClF2N4O5S. The highest BCUT2D eigenvalue weighted by molar-refractivity contribution is 8.32. The van der Waals surface area contributed by atoms with Gasteiger partial charge in [-0.2, -0.15) is 5.10 Å². The molecule has 0 N–H and O–H groups in total. The lowest BCUT2D eigenvalue weighted by Gasteiger charge is -2.27. The van der Waals surface area contributed by atoms with Gasteiger partial charge in [-0.3, -0.25) is 9.59 Å². The van der Waals surface area contributed by atoms with Crippen LogP contribution in [0.25, 0.3) is 21.7 Å². The molecule has 1 amide bonds. The Balaban J connectivity index is 1.53. The second kappa shape index (κ2) is 13.8. The molecule has 1 aliphatic heterocycles. The van der Waals surface area contributed by atoms with Crippen molar-refractivity contribution in [3.63, 3.8) is 0 Å². The number of hydrogen-bond acceptors (Lipinski definition) is 6. The summed E-state index contributed by atoms with van der Waals surface area (Å²) in [4.78, 5) is 28.1. The lowest BCUT2D eigenvalue weighted by molar-refractivity contribution is -0.136. The number of aromatic nitrogens is 3. The summed E-state index contributed by atoms with van der Waals surface area (Å²) in [6, 6.07) is 12.5. The van der Waals surface area contributed by atoms with Crippen LogP contribution >= 0.6 is 21.6 Å². The van der Waals surface area contributed by atoms with Crippen LogP contribution in [0.1, 0.15) is 11.4 Å². The Kier molecular flexibility index (Phi) is 10.1. The minimum Gasteiger partial charge on any atom is -0.486 e. The van der Waals surface area contributed by atoms with E-state index in [0.717, 1.165) is 16.8 Å². The van der Waals surface area contributed by atoms with Crippen LogP contribution < -0.4 is 10.3 Å². The number of ether oxygens (including phenoxy) is 3. The third-order valence-electron chi connectivity index (χ3n) is 7.41. The van der Waals surface area contributed by atoms with Crippen molar-refractivity contribution in [3.05, 3.63) is 69.2 Å². The molecule has 1 fully saturated rings. The van der Waals surface area contributed by atoms with Gasteiger partial charge >= 0.3 is 0 Å². The molecule has 0 saturated carbocycles. The normalized spacial score (nSPS) is 14.6. The molecule has 0 atom stereocenters. The number of fused-ring (bicyclic) bond motifs is 2. The smallest absolute Gasteiger partial charge is 0.275 e. The van der Waals surface area contributed by atoms with Gasteiger partial charge < -0.3 is 23.7 Å². The molecule has 9 nitrogen and oxygen atoms in total. The minimum absolute atomic E-state index is 0.156. The number of hydrogen-bond donors (Lipinski definition) is 0. The molecule has 0 aliphatic carbocycles. The molecule has 0 bridgehead atoms. The number of benzene rings is 2. The zero-order chi connectivity index (χ0) is 31.4. The lowest BCUT2D eigenvalue weighted by atomic mass is 10.1. The molecule has 44 heavy (non-hydrogen) atoms. The van der Waals surface area contributed by atoms with E-state index >= 15 is 0 Å². The Hall–Kier alpha value is -3.19. The van der Waals surface area contributed by atoms with E-state index in [9.17, 15) is 18.4 Å². The second-order valence-corrected chi connectivity index (χ2v) is 16.6. The van der Waals surface area contributed by atoms with Crippen LogP contribution in [0, 0.1) is 0 Å². The molecule has 3 heterocycles. The van der Waals surface area contributed by atoms with Gasteiger partial charge in [-0.25, -0.2) is 23.5 Å². The number of alkyl halides is 2. The first kappa shape index (κ1) is 32.2. The number of amides is 1. The molecule has 4 aromatic rings. The molecule has 2 aromatic heterocycles. The Labute approximate surface area is 260 Å². The Morgan fingerprint density at radius 3 is 2.55 bits per heavy atom. The summed E-state index contributed by atoms with van der Waals surface area (Å²) < 4.78 is 45.8. The predicted octanol–water partition coefficient (Wildman–Crippen LogP) is 4.77. The largest absolute Gasteiger partial charge is 0.486 e. The van der Waals surface area contributed by atoms with E-state index in [1.807, 2.05) is 22.8 Å². The highest BCUT2D eigenvalue weighted by Gasteiger charge is 2.21. The summed E-state index contributed by atoms with van der Waals surface area (Å²) in [7, 11) is -0.769. The maximum Gasteiger partial charge on any atom is 0.275 e. The van der Waals surface area contributed by atoms with E-state index < -0.39 is 23.1 Å². The van der Waals surface area contributed by atoms with Crippen molar-refractivity contribution in [3.8, 4) is 5.75 Å². The van der Waals surface area contributed by atoms with Crippen molar-refractivity contribution in [2.24, 2.45) is 0 Å². The fraction of sp³-hybridized carbons (Fsp3) is 0.452. The fourth-order valence-electron chi connectivity index (χ4n) is 5.10. The van der Waals surface area contributed by atoms with E-state index in [1.54, 1.807) is 29.2 Å². The maximum atomic E-state index is 13.4. The average Bonchev–Trinajstić information content (AvgIpc) is 3.31. The van der Waals surface area contributed by atoms with Crippen molar-refractivity contribution in [1.82, 2.24) is 19.2 Å². The Morgan fingerprint density at radius 2 is 1.84 bits per heavy atom. The van der Waals surface area contributed by atoms with Gasteiger partial charge in [0.1, 0.15) is 25.6 Å². The minimum atomic E-state index is -2.64. The average molecular weight is 651 g/mol. The summed E-state index contributed by atoms with van der Waals surface area (Å²) in [5.41, 5.74) is 1.79. The van der Waals surface area contributed by atoms with E-state index in [4.69, 9.17) is 30.9 Å². The summed E-state index contributed by atoms with van der Waals surface area (Å²) in [6.45, 7) is 1.65. The SMILES string of the molecule is CS(C)(C)CCOCn1c(Cc2nn(CC(=O)N3CCOCC3)c(=O)c3ccccc23)cc2cc(Cl)c(OCC(F)F)cc21. The van der Waals surface area contributed by atoms with Gasteiger partial charge in [0, 0.05) is 47.8 Å². The number of morpholine rings is 1. The highest BCUT2D eigenvalue weighted by Crippen LogP contribution is 2.35. The number of halogens is 3. The number of carbonyl (C=O) groups is 1. The lowest BCUT2D eigenvalue weighted by Crippen LogP contribution is -2.44. The topological polar surface area (TPSA) is 87.8 Å². The molecule has 0 spiro atoms. The van der Waals surface area contributed by atoms with Crippen LogP contribution in [0.2, 0.25) is 5.02 Å². The molecule has 2 aromatic carbocycles. The van der Waals surface area contributed by atoms with Crippen LogP contribution in [0.5, 0.6) is 5.75 Å². The first-order chi connectivity index (χ1) is 21.0. The molecule has 0 unspecified atom stereocenters. The third kappa shape index (κ3) is 7.71. The fourth-order valence-corrected chi connectivity index (χ4v) is 5.95. The predicted molar refractivity (Wildman–Crippen MR) is 171 cm³/mol. The van der Waals surface area contributed by atoms with Gasteiger partial charge in [-0.05, 0) is 37.0 Å². The standard InChI is InChI=1S/C31H37ClF2N4O5S/c1-44(2,3)13-12-42-20-37-22(14-21-15-25(32)28(17-27(21)37)43-19-29(33)34)16-26-23-6-4-5-7-24(23)31(40)38(35-26)18-30(39)36-8-10-41-11-9-36/h4-7,14-15,17,29H,8-13,16,18-20H2,1-3H3. The second-order valence-electron chi connectivity index (χ2n) is 11.6. The molecule has 1 saturated heterocycles. The highest BCUT2D eigenvalue weighted by atomic mass is 35.5. The molecule has 13 heteroatoms. The maximum absolute atomic E-state index is 13.4. The van der Waals surface area contributed by atoms with Crippen molar-refractivity contribution in [2.45, 2.75) is 26.1 Å². The van der Waals surface area contributed by atoms with Crippen molar-refractivity contribution < 1.29 is 27.8 Å². The van der Waals surface area contributed by atoms with Crippen LogP contribution in [0.4, 0.5) is 8.78 Å². The van der Waals surface area contributed by atoms with E-state index in [1.165, 1.54) is 4.68 Å². The van der Waals surface area contributed by atoms with E-state index in [0.29, 0.717) is 61.3 Å². The zero-order valence-electron chi connectivity index (χ0n) is 25.1. The van der Waals surface area contributed by atoms with E-state index in [2.05, 4.69) is 18.8 Å². The zero-order valence-corrected chi connectivity index (χ0v) is 26.6. The molecule has 0 radical (unpaired) electrons. The molecule has 238 valence electrons. The molecule has 1 aliphatic rings. The quantitative estimate of drug-likeness (QED) is 0.206. The van der Waals surface area contributed by atoms with Gasteiger partial charge in [0.25, 0.3) is 12.0 Å². The number of nitrogens with zero attached hydrogens (tertiary/aromatic N) is 4. The van der Waals surface area contributed by atoms with Crippen LogP contribution in [0.15, 0.2) is 47.3 Å². The Bertz CT molecular complexity index is 1700. The van der Waals surface area contributed by atoms with Gasteiger partial charge in [-0.1, -0.05) is 29.8 Å². The molecular weight excluding hydrogens is 614 g/mol. The molecule has 5 rings (SSSR count). The Morgan fingerprint density at radius 1 is 1.11 bits per heavy atom. The van der Waals surface area contributed by atoms with Gasteiger partial charge in [0.05, 0.1) is 41.4 Å². The monoisotopic (exact) mass is 650 g/mol. The van der Waals surface area contributed by atoms with Crippen molar-refractivity contribution in [1.29, 1.82) is 0 Å². The van der Waals surface area contributed by atoms with Crippen LogP contribution in [0.3, 0.4) is 0 Å². The first-order valence-corrected chi connectivity index (χ1v) is 17.7. The first-order valence-electron chi connectivity index (χ1n) is 14.3. The number of carbonyl (C=O) groups excluding carboxylic acids is 1. The van der Waals surface area contributed by atoms with Gasteiger partial charge in [0.2, 0.25) is 5.91 Å². The summed E-state index contributed by atoms with van der Waals surface area (Å²) in [5, 5.41) is 6.84. The third-order valence-corrected chi connectivity index (χ3v) is 9.09. The van der Waals surface area contributed by atoms with Crippen molar-refractivity contribution in [2.75, 3.05) is 64.0 Å². The van der Waals surface area contributed by atoms with Gasteiger partial charge in [0.15, 0.2) is 0 Å². The summed E-state index contributed by atoms with van der Waals surface area (Å²) >= 11 is 6.41. The number of rotatable bonds is 12. The van der Waals surface area contributed by atoms with E-state index in [-0.39, 0.29) is 35.5 Å².